The number of unbranched alkanes of at least 4 members (excludes halogenated alkanes) is 1. The lowest BCUT2D eigenvalue weighted by atomic mass is 10.1. The quantitative estimate of drug-likeness (QED) is 0.895. The minimum atomic E-state index is 0.00892. The van der Waals surface area contributed by atoms with Crippen LogP contribution in [0.3, 0.4) is 0 Å². The fourth-order valence-electron chi connectivity index (χ4n) is 2.68. The van der Waals surface area contributed by atoms with Gasteiger partial charge in [0.25, 0.3) is 5.91 Å². The predicted molar refractivity (Wildman–Crippen MR) is 77.7 cm³/mol. The number of carbonyl (C=O) groups is 2. The molecular formula is C16H20N2O2. The second-order valence-electron chi connectivity index (χ2n) is 5.68. The first kappa shape index (κ1) is 13.2. The molecule has 1 saturated carbocycles. The summed E-state index contributed by atoms with van der Waals surface area (Å²) in [4.78, 5) is 26.0. The summed E-state index contributed by atoms with van der Waals surface area (Å²) in [5.74, 6) is 0.111. The van der Waals surface area contributed by atoms with E-state index in [4.69, 9.17) is 0 Å². The van der Waals surface area contributed by atoms with Crippen molar-refractivity contribution in [2.45, 2.75) is 45.1 Å². The minimum Gasteiger partial charge on any atom is -0.336 e. The zero-order valence-corrected chi connectivity index (χ0v) is 11.8. The smallest absolute Gasteiger partial charge is 0.254 e. The van der Waals surface area contributed by atoms with Crippen molar-refractivity contribution in [1.82, 2.24) is 4.90 Å². The fourth-order valence-corrected chi connectivity index (χ4v) is 2.68. The lowest BCUT2D eigenvalue weighted by molar-refractivity contribution is -0.115. The van der Waals surface area contributed by atoms with E-state index in [-0.39, 0.29) is 11.8 Å². The summed E-state index contributed by atoms with van der Waals surface area (Å²) in [6.45, 7) is 2.98. The highest BCUT2D eigenvalue weighted by Crippen LogP contribution is 2.30. The summed E-state index contributed by atoms with van der Waals surface area (Å²) in [6.07, 6.45) is 4.81. The van der Waals surface area contributed by atoms with E-state index in [1.165, 1.54) is 0 Å². The first-order valence-corrected chi connectivity index (χ1v) is 7.43. The van der Waals surface area contributed by atoms with Gasteiger partial charge >= 0.3 is 0 Å². The highest BCUT2D eigenvalue weighted by molar-refractivity contribution is 6.02. The molecule has 0 spiro atoms. The molecular weight excluding hydrogens is 252 g/mol. The molecule has 0 bridgehead atoms. The molecule has 4 nitrogen and oxygen atoms in total. The van der Waals surface area contributed by atoms with Gasteiger partial charge in [0.1, 0.15) is 0 Å². The highest BCUT2D eigenvalue weighted by Gasteiger charge is 2.33. The normalized spacial score (nSPS) is 16.8. The van der Waals surface area contributed by atoms with Gasteiger partial charge in [0.2, 0.25) is 5.91 Å². The molecule has 0 saturated heterocycles. The van der Waals surface area contributed by atoms with Crippen LogP contribution in [0, 0.1) is 0 Å². The first-order chi connectivity index (χ1) is 9.69. The summed E-state index contributed by atoms with van der Waals surface area (Å²) < 4.78 is 0. The molecule has 0 atom stereocenters. The molecule has 0 unspecified atom stereocenters. The van der Waals surface area contributed by atoms with Crippen molar-refractivity contribution in [3.05, 3.63) is 29.3 Å². The van der Waals surface area contributed by atoms with E-state index in [2.05, 4.69) is 12.2 Å². The van der Waals surface area contributed by atoms with Gasteiger partial charge in [0.05, 0.1) is 6.42 Å². The third kappa shape index (κ3) is 2.55. The molecule has 0 radical (unpaired) electrons. The van der Waals surface area contributed by atoms with E-state index >= 15 is 0 Å². The third-order valence-electron chi connectivity index (χ3n) is 3.98. The van der Waals surface area contributed by atoms with E-state index in [0.29, 0.717) is 18.0 Å². The van der Waals surface area contributed by atoms with Crippen molar-refractivity contribution in [2.75, 3.05) is 11.9 Å². The number of fused-ring (bicyclic) bond motifs is 1. The second-order valence-corrected chi connectivity index (χ2v) is 5.68. The Kier molecular flexibility index (Phi) is 3.47. The number of rotatable bonds is 5. The zero-order valence-electron chi connectivity index (χ0n) is 11.8. The molecule has 4 heteroatoms. The number of hydrogen-bond acceptors (Lipinski definition) is 2. The molecule has 1 aliphatic carbocycles. The standard InChI is InChI=1S/C16H20N2O2/c1-2-3-8-18(13-6-7-13)16(20)12-5-4-11-10-15(19)17-14(11)9-12/h4-5,9,13H,2-3,6-8,10H2,1H3,(H,17,19). The Morgan fingerprint density at radius 1 is 1.40 bits per heavy atom. The Balaban J connectivity index is 1.79. The van der Waals surface area contributed by atoms with Gasteiger partial charge in [-0.25, -0.2) is 0 Å². The van der Waals surface area contributed by atoms with Crippen molar-refractivity contribution in [3.63, 3.8) is 0 Å². The summed E-state index contributed by atoms with van der Waals surface area (Å²) in [5, 5.41) is 2.81. The molecule has 3 rings (SSSR count). The van der Waals surface area contributed by atoms with Crippen LogP contribution < -0.4 is 5.32 Å². The number of anilines is 1. The predicted octanol–water partition coefficient (Wildman–Crippen LogP) is 2.59. The fraction of sp³-hybridized carbons (Fsp3) is 0.500. The molecule has 1 aromatic carbocycles. The van der Waals surface area contributed by atoms with Gasteiger partial charge in [0, 0.05) is 23.8 Å². The van der Waals surface area contributed by atoms with Crippen LogP contribution in [-0.2, 0) is 11.2 Å². The summed E-state index contributed by atoms with van der Waals surface area (Å²) >= 11 is 0. The van der Waals surface area contributed by atoms with E-state index in [1.54, 1.807) is 0 Å². The van der Waals surface area contributed by atoms with Crippen LogP contribution >= 0.6 is 0 Å². The molecule has 0 aromatic heterocycles. The summed E-state index contributed by atoms with van der Waals surface area (Å²) in [6, 6.07) is 6.00. The molecule has 1 aromatic rings. The Hall–Kier alpha value is -1.84. The van der Waals surface area contributed by atoms with Crippen LogP contribution in [0.4, 0.5) is 5.69 Å². The molecule has 1 heterocycles. The SMILES string of the molecule is CCCCN(C(=O)c1ccc2c(c1)NC(=O)C2)C1CC1. The highest BCUT2D eigenvalue weighted by atomic mass is 16.2. The van der Waals surface area contributed by atoms with Crippen LogP contribution in [0.25, 0.3) is 0 Å². The van der Waals surface area contributed by atoms with Crippen molar-refractivity contribution in [2.24, 2.45) is 0 Å². The van der Waals surface area contributed by atoms with Gasteiger partial charge in [-0.3, -0.25) is 9.59 Å². The minimum absolute atomic E-state index is 0.00892. The van der Waals surface area contributed by atoms with Crippen LogP contribution in [0.15, 0.2) is 18.2 Å². The van der Waals surface area contributed by atoms with Crippen molar-refractivity contribution < 1.29 is 9.59 Å². The summed E-state index contributed by atoms with van der Waals surface area (Å²) in [7, 11) is 0. The largest absolute Gasteiger partial charge is 0.336 e. The Labute approximate surface area is 119 Å². The Morgan fingerprint density at radius 3 is 2.90 bits per heavy atom. The molecule has 1 N–H and O–H groups in total. The topological polar surface area (TPSA) is 49.4 Å². The van der Waals surface area contributed by atoms with Gasteiger partial charge in [0.15, 0.2) is 0 Å². The average Bonchev–Trinajstić information content (AvgIpc) is 3.19. The first-order valence-electron chi connectivity index (χ1n) is 7.43. The van der Waals surface area contributed by atoms with Gasteiger partial charge in [-0.1, -0.05) is 19.4 Å². The van der Waals surface area contributed by atoms with Crippen LogP contribution in [0.5, 0.6) is 0 Å². The Bertz CT molecular complexity index is 549. The number of benzene rings is 1. The lowest BCUT2D eigenvalue weighted by Crippen LogP contribution is -2.34. The second kappa shape index (κ2) is 5.27. The van der Waals surface area contributed by atoms with Crippen LogP contribution in [-0.4, -0.2) is 29.3 Å². The van der Waals surface area contributed by atoms with E-state index in [0.717, 1.165) is 43.5 Å². The maximum absolute atomic E-state index is 12.6. The third-order valence-corrected chi connectivity index (χ3v) is 3.98. The molecule has 1 aliphatic heterocycles. The van der Waals surface area contributed by atoms with Crippen molar-refractivity contribution >= 4 is 17.5 Å². The number of nitrogens with zero attached hydrogens (tertiary/aromatic N) is 1. The number of nitrogens with one attached hydrogen (secondary N) is 1. The van der Waals surface area contributed by atoms with E-state index in [1.807, 2.05) is 23.1 Å². The maximum Gasteiger partial charge on any atom is 0.254 e. The van der Waals surface area contributed by atoms with Crippen LogP contribution in [0.1, 0.15) is 48.5 Å². The van der Waals surface area contributed by atoms with Gasteiger partial charge in [-0.2, -0.15) is 0 Å². The number of hydrogen-bond donors (Lipinski definition) is 1. The number of carbonyl (C=O) groups excluding carboxylic acids is 2. The van der Waals surface area contributed by atoms with E-state index < -0.39 is 0 Å². The Morgan fingerprint density at radius 2 is 2.20 bits per heavy atom. The molecule has 2 amide bonds. The maximum atomic E-state index is 12.6. The average molecular weight is 272 g/mol. The zero-order chi connectivity index (χ0) is 14.1. The molecule has 1 fully saturated rings. The molecule has 2 aliphatic rings. The van der Waals surface area contributed by atoms with Gasteiger partial charge in [-0.05, 0) is 37.0 Å². The number of amides is 2. The molecule has 20 heavy (non-hydrogen) atoms. The summed E-state index contributed by atoms with van der Waals surface area (Å²) in [5.41, 5.74) is 2.47. The van der Waals surface area contributed by atoms with Crippen LogP contribution in [0.2, 0.25) is 0 Å². The van der Waals surface area contributed by atoms with Crippen molar-refractivity contribution in [1.29, 1.82) is 0 Å². The lowest BCUT2D eigenvalue weighted by Gasteiger charge is -2.22. The van der Waals surface area contributed by atoms with Gasteiger partial charge < -0.3 is 10.2 Å². The monoisotopic (exact) mass is 272 g/mol. The van der Waals surface area contributed by atoms with Gasteiger partial charge in [-0.15, -0.1) is 0 Å². The van der Waals surface area contributed by atoms with Crippen molar-refractivity contribution in [3.8, 4) is 0 Å². The van der Waals surface area contributed by atoms with E-state index in [9.17, 15) is 9.59 Å². The molecule has 106 valence electrons.